The van der Waals surface area contributed by atoms with Crippen LogP contribution < -0.4 is 4.72 Å². The van der Waals surface area contributed by atoms with Crippen LogP contribution in [0.25, 0.3) is 0 Å². The summed E-state index contributed by atoms with van der Waals surface area (Å²) in [7, 11) is -3.96. The van der Waals surface area contributed by atoms with Crippen LogP contribution in [0.4, 0.5) is 18.9 Å². The van der Waals surface area contributed by atoms with Crippen LogP contribution in [-0.2, 0) is 22.6 Å². The van der Waals surface area contributed by atoms with Gasteiger partial charge in [-0.3, -0.25) is 4.72 Å². The first-order chi connectivity index (χ1) is 10.6. The van der Waals surface area contributed by atoms with Crippen LogP contribution in [0.3, 0.4) is 0 Å². The van der Waals surface area contributed by atoms with E-state index in [-0.39, 0.29) is 15.1 Å². The SMILES string of the molecule is CCc1ccc(S(=O)(=O)Nc2cc(Br)cc(C(F)(F)F)c2)cc1. The van der Waals surface area contributed by atoms with Crippen molar-refractivity contribution in [1.82, 2.24) is 0 Å². The van der Waals surface area contributed by atoms with Gasteiger partial charge in [0.25, 0.3) is 10.0 Å². The van der Waals surface area contributed by atoms with Crippen LogP contribution in [0.2, 0.25) is 0 Å². The molecule has 1 N–H and O–H groups in total. The number of aryl methyl sites for hydroxylation is 1. The summed E-state index contributed by atoms with van der Waals surface area (Å²) in [5.41, 5.74) is -0.136. The molecule has 0 saturated heterocycles. The fraction of sp³-hybridized carbons (Fsp3) is 0.200. The molecule has 0 spiro atoms. The van der Waals surface area contributed by atoms with Gasteiger partial charge >= 0.3 is 6.18 Å². The van der Waals surface area contributed by atoms with E-state index in [2.05, 4.69) is 20.7 Å². The monoisotopic (exact) mass is 407 g/mol. The fourth-order valence-corrected chi connectivity index (χ4v) is 3.46. The molecule has 3 nitrogen and oxygen atoms in total. The van der Waals surface area contributed by atoms with Gasteiger partial charge in [-0.05, 0) is 42.3 Å². The van der Waals surface area contributed by atoms with Crippen LogP contribution in [0, 0.1) is 0 Å². The highest BCUT2D eigenvalue weighted by Gasteiger charge is 2.31. The van der Waals surface area contributed by atoms with Crippen molar-refractivity contribution in [2.24, 2.45) is 0 Å². The number of hydrogen-bond acceptors (Lipinski definition) is 2. The lowest BCUT2D eigenvalue weighted by atomic mass is 10.2. The third kappa shape index (κ3) is 4.48. The molecule has 0 aliphatic carbocycles. The Morgan fingerprint density at radius 2 is 1.70 bits per heavy atom. The van der Waals surface area contributed by atoms with Gasteiger partial charge in [-0.25, -0.2) is 8.42 Å². The standard InChI is InChI=1S/C15H13BrF3NO2S/c1-2-10-3-5-14(6-4-10)23(21,22)20-13-8-11(15(17,18)19)7-12(16)9-13/h3-9,20H,2H2,1H3. The minimum absolute atomic E-state index is 0.0109. The summed E-state index contributed by atoms with van der Waals surface area (Å²) in [6, 6.07) is 9.07. The minimum Gasteiger partial charge on any atom is -0.280 e. The van der Waals surface area contributed by atoms with Gasteiger partial charge in [-0.1, -0.05) is 35.0 Å². The lowest BCUT2D eigenvalue weighted by molar-refractivity contribution is -0.137. The van der Waals surface area contributed by atoms with Gasteiger partial charge in [0.05, 0.1) is 16.1 Å². The molecule has 0 heterocycles. The van der Waals surface area contributed by atoms with Crippen molar-refractivity contribution in [3.63, 3.8) is 0 Å². The van der Waals surface area contributed by atoms with Crippen molar-refractivity contribution >= 4 is 31.6 Å². The van der Waals surface area contributed by atoms with Crippen molar-refractivity contribution in [1.29, 1.82) is 0 Å². The number of anilines is 1. The van der Waals surface area contributed by atoms with Gasteiger partial charge in [0.2, 0.25) is 0 Å². The molecule has 0 aliphatic heterocycles. The van der Waals surface area contributed by atoms with Crippen LogP contribution in [0.15, 0.2) is 51.8 Å². The van der Waals surface area contributed by atoms with Crippen LogP contribution in [0.1, 0.15) is 18.1 Å². The third-order valence-electron chi connectivity index (χ3n) is 3.12. The van der Waals surface area contributed by atoms with Crippen molar-refractivity contribution in [3.8, 4) is 0 Å². The number of sulfonamides is 1. The first-order valence-corrected chi connectivity index (χ1v) is 8.89. The zero-order valence-corrected chi connectivity index (χ0v) is 14.4. The van der Waals surface area contributed by atoms with E-state index in [9.17, 15) is 21.6 Å². The zero-order chi connectivity index (χ0) is 17.3. The highest BCUT2D eigenvalue weighted by Crippen LogP contribution is 2.34. The number of nitrogens with one attached hydrogen (secondary N) is 1. The van der Waals surface area contributed by atoms with E-state index in [0.717, 1.165) is 24.1 Å². The van der Waals surface area contributed by atoms with Crippen molar-refractivity contribution < 1.29 is 21.6 Å². The van der Waals surface area contributed by atoms with Crippen molar-refractivity contribution in [3.05, 3.63) is 58.1 Å². The van der Waals surface area contributed by atoms with E-state index in [0.29, 0.717) is 0 Å². The van der Waals surface area contributed by atoms with Gasteiger partial charge in [0, 0.05) is 4.47 Å². The largest absolute Gasteiger partial charge is 0.416 e. The predicted octanol–water partition coefficient (Wildman–Crippen LogP) is 4.83. The molecule has 0 aliphatic rings. The zero-order valence-electron chi connectivity index (χ0n) is 12.0. The van der Waals surface area contributed by atoms with E-state index in [1.54, 1.807) is 12.1 Å². The van der Waals surface area contributed by atoms with Gasteiger partial charge in [-0.2, -0.15) is 13.2 Å². The first kappa shape index (κ1) is 17.8. The molecule has 0 radical (unpaired) electrons. The molecule has 23 heavy (non-hydrogen) atoms. The molecule has 0 bridgehead atoms. The average molecular weight is 408 g/mol. The Bertz CT molecular complexity index is 802. The maximum atomic E-state index is 12.8. The summed E-state index contributed by atoms with van der Waals surface area (Å²) < 4.78 is 65.2. The molecule has 2 aromatic carbocycles. The Balaban J connectivity index is 2.35. The van der Waals surface area contributed by atoms with Crippen LogP contribution >= 0.6 is 15.9 Å². The normalized spacial score (nSPS) is 12.2. The Kier molecular flexibility index (Phi) is 5.05. The van der Waals surface area contributed by atoms with Crippen LogP contribution in [0.5, 0.6) is 0 Å². The summed E-state index contributed by atoms with van der Waals surface area (Å²) in [5, 5.41) is 0. The lowest BCUT2D eigenvalue weighted by Gasteiger charge is -2.12. The second-order valence-corrected chi connectivity index (χ2v) is 7.43. The quantitative estimate of drug-likeness (QED) is 0.788. The highest BCUT2D eigenvalue weighted by atomic mass is 79.9. The second-order valence-electron chi connectivity index (χ2n) is 4.83. The summed E-state index contributed by atoms with van der Waals surface area (Å²) in [6.45, 7) is 1.93. The lowest BCUT2D eigenvalue weighted by Crippen LogP contribution is -2.14. The van der Waals surface area contributed by atoms with E-state index >= 15 is 0 Å². The molecule has 2 aromatic rings. The number of rotatable bonds is 4. The smallest absolute Gasteiger partial charge is 0.280 e. The Labute approximate surface area is 140 Å². The Morgan fingerprint density at radius 3 is 2.22 bits per heavy atom. The third-order valence-corrected chi connectivity index (χ3v) is 4.97. The van der Waals surface area contributed by atoms with Crippen LogP contribution in [-0.4, -0.2) is 8.42 Å². The molecule has 124 valence electrons. The first-order valence-electron chi connectivity index (χ1n) is 6.61. The molecule has 0 unspecified atom stereocenters. The molecule has 0 amide bonds. The average Bonchev–Trinajstić information content (AvgIpc) is 2.45. The van der Waals surface area contributed by atoms with E-state index < -0.39 is 21.8 Å². The molecule has 2 rings (SSSR count). The minimum atomic E-state index is -4.56. The summed E-state index contributed by atoms with van der Waals surface area (Å²) >= 11 is 2.95. The highest BCUT2D eigenvalue weighted by molar-refractivity contribution is 9.10. The Morgan fingerprint density at radius 1 is 1.09 bits per heavy atom. The molecule has 0 atom stereocenters. The van der Waals surface area contributed by atoms with E-state index in [1.165, 1.54) is 18.2 Å². The van der Waals surface area contributed by atoms with Gasteiger partial charge in [-0.15, -0.1) is 0 Å². The fourth-order valence-electron chi connectivity index (χ4n) is 1.93. The predicted molar refractivity (Wildman–Crippen MR) is 85.8 cm³/mol. The summed E-state index contributed by atoms with van der Waals surface area (Å²) in [6.07, 6.45) is -3.80. The topological polar surface area (TPSA) is 46.2 Å². The number of alkyl halides is 3. The second kappa shape index (κ2) is 6.52. The van der Waals surface area contributed by atoms with Gasteiger partial charge in [0.1, 0.15) is 0 Å². The molecular formula is C15H13BrF3NO2S. The number of halogens is 4. The Hall–Kier alpha value is -1.54. The van der Waals surface area contributed by atoms with Gasteiger partial charge < -0.3 is 0 Å². The molecular weight excluding hydrogens is 395 g/mol. The van der Waals surface area contributed by atoms with Crippen molar-refractivity contribution in [2.75, 3.05) is 4.72 Å². The van der Waals surface area contributed by atoms with E-state index in [4.69, 9.17) is 0 Å². The van der Waals surface area contributed by atoms with Gasteiger partial charge in [0.15, 0.2) is 0 Å². The molecule has 0 aromatic heterocycles. The van der Waals surface area contributed by atoms with E-state index in [1.807, 2.05) is 6.92 Å². The summed E-state index contributed by atoms with van der Waals surface area (Å²) in [4.78, 5) is -0.0109. The maximum Gasteiger partial charge on any atom is 0.416 e. The van der Waals surface area contributed by atoms with Crippen molar-refractivity contribution in [2.45, 2.75) is 24.4 Å². The molecule has 0 fully saturated rings. The molecule has 8 heteroatoms. The number of hydrogen-bond donors (Lipinski definition) is 1. The molecule has 0 saturated carbocycles. The summed E-state index contributed by atoms with van der Waals surface area (Å²) in [5.74, 6) is 0. The number of benzene rings is 2. The maximum absolute atomic E-state index is 12.8.